The van der Waals surface area contributed by atoms with Crippen molar-refractivity contribution >= 4 is 11.8 Å². The van der Waals surface area contributed by atoms with Crippen molar-refractivity contribution in [3.8, 4) is 0 Å². The minimum atomic E-state index is -4.56. The Balaban J connectivity index is 2.96. The number of nitrogens with one attached hydrogen (secondary N) is 1. The molecule has 0 amide bonds. The first kappa shape index (κ1) is 15.2. The van der Waals surface area contributed by atoms with Crippen molar-refractivity contribution in [1.82, 2.24) is 10.2 Å². The molecule has 19 heavy (non-hydrogen) atoms. The molecule has 1 aromatic rings. The predicted octanol–water partition coefficient (Wildman–Crippen LogP) is 2.55. The van der Waals surface area contributed by atoms with Crippen LogP contribution in [0.4, 0.5) is 19.0 Å². The van der Waals surface area contributed by atoms with E-state index in [2.05, 4.69) is 15.5 Å². The van der Waals surface area contributed by atoms with Gasteiger partial charge in [-0.15, -0.1) is 10.2 Å². The summed E-state index contributed by atoms with van der Waals surface area (Å²) in [5.74, 6) is -1.08. The lowest BCUT2D eigenvalue weighted by atomic mass is 9.93. The first-order chi connectivity index (χ1) is 8.75. The summed E-state index contributed by atoms with van der Waals surface area (Å²) >= 11 is 0. The van der Waals surface area contributed by atoms with Crippen molar-refractivity contribution in [3.05, 3.63) is 17.8 Å². The molecule has 0 unspecified atom stereocenters. The van der Waals surface area contributed by atoms with Gasteiger partial charge in [-0.3, -0.25) is 0 Å². The van der Waals surface area contributed by atoms with Gasteiger partial charge in [0.05, 0.1) is 0 Å². The number of rotatable bonds is 5. The zero-order valence-corrected chi connectivity index (χ0v) is 10.5. The minimum Gasteiger partial charge on any atom is -0.480 e. The molecule has 1 heterocycles. The molecule has 0 aliphatic carbocycles. The maximum atomic E-state index is 12.3. The van der Waals surface area contributed by atoms with E-state index in [-0.39, 0.29) is 18.7 Å². The molecular formula is C11H14F3N3O2. The average Bonchev–Trinajstić information content (AvgIpc) is 2.35. The summed E-state index contributed by atoms with van der Waals surface area (Å²) in [6, 6.07) is 1.83. The number of anilines is 1. The van der Waals surface area contributed by atoms with Crippen LogP contribution in [0.3, 0.4) is 0 Å². The van der Waals surface area contributed by atoms with Crippen LogP contribution in [0.1, 0.15) is 32.4 Å². The van der Waals surface area contributed by atoms with Crippen molar-refractivity contribution in [3.63, 3.8) is 0 Å². The number of hydrogen-bond donors (Lipinski definition) is 2. The molecule has 0 spiro atoms. The van der Waals surface area contributed by atoms with Crippen LogP contribution in [0.25, 0.3) is 0 Å². The molecule has 0 radical (unpaired) electrons. The van der Waals surface area contributed by atoms with E-state index in [0.717, 1.165) is 12.1 Å². The van der Waals surface area contributed by atoms with Gasteiger partial charge in [-0.2, -0.15) is 13.2 Å². The molecule has 1 rings (SSSR count). The lowest BCUT2D eigenvalue weighted by Gasteiger charge is -2.28. The highest BCUT2D eigenvalue weighted by Gasteiger charge is 2.36. The number of halogens is 3. The van der Waals surface area contributed by atoms with E-state index in [1.54, 1.807) is 13.8 Å². The highest BCUT2D eigenvalue weighted by atomic mass is 19.4. The summed E-state index contributed by atoms with van der Waals surface area (Å²) in [7, 11) is 0. The van der Waals surface area contributed by atoms with Crippen molar-refractivity contribution < 1.29 is 23.1 Å². The van der Waals surface area contributed by atoms with Crippen LogP contribution in [0.15, 0.2) is 12.1 Å². The molecule has 106 valence electrons. The van der Waals surface area contributed by atoms with Gasteiger partial charge >= 0.3 is 12.1 Å². The maximum Gasteiger partial charge on any atom is 0.435 e. The number of carboxylic acid groups (broad SMARTS) is 1. The summed E-state index contributed by atoms with van der Waals surface area (Å²) in [4.78, 5) is 11.2. The molecule has 8 heteroatoms. The number of alkyl halides is 3. The third-order valence-corrected chi connectivity index (χ3v) is 2.94. The Kier molecular flexibility index (Phi) is 4.33. The molecule has 0 aliphatic heterocycles. The number of carboxylic acids is 1. The Morgan fingerprint density at radius 2 is 1.84 bits per heavy atom. The zero-order chi connectivity index (χ0) is 14.7. The lowest BCUT2D eigenvalue weighted by Crippen LogP contribution is -2.45. The molecule has 0 fully saturated rings. The van der Waals surface area contributed by atoms with Crippen LogP contribution in [0.2, 0.25) is 0 Å². The van der Waals surface area contributed by atoms with Gasteiger partial charge in [0.15, 0.2) is 5.69 Å². The maximum absolute atomic E-state index is 12.3. The number of hydrogen-bond acceptors (Lipinski definition) is 4. The molecule has 0 saturated carbocycles. The van der Waals surface area contributed by atoms with Gasteiger partial charge in [-0.05, 0) is 25.0 Å². The van der Waals surface area contributed by atoms with Gasteiger partial charge in [0.2, 0.25) is 0 Å². The molecule has 1 aromatic heterocycles. The summed E-state index contributed by atoms with van der Waals surface area (Å²) < 4.78 is 36.9. The fraction of sp³-hybridized carbons (Fsp3) is 0.545. The second kappa shape index (κ2) is 5.41. The Bertz CT molecular complexity index is 441. The standard InChI is InChI=1S/C11H14F3N3O2/c1-3-10(4-2,9(18)19)15-8-6-5-7(16-17-8)11(12,13)14/h5-6H,3-4H2,1-2H3,(H,15,17)(H,18,19). The van der Waals surface area contributed by atoms with Crippen LogP contribution >= 0.6 is 0 Å². The van der Waals surface area contributed by atoms with Gasteiger partial charge in [0.25, 0.3) is 0 Å². The topological polar surface area (TPSA) is 75.1 Å². The number of nitrogens with zero attached hydrogens (tertiary/aromatic N) is 2. The van der Waals surface area contributed by atoms with Gasteiger partial charge in [0.1, 0.15) is 11.4 Å². The van der Waals surface area contributed by atoms with Crippen molar-refractivity contribution in [2.24, 2.45) is 0 Å². The highest BCUT2D eigenvalue weighted by Crippen LogP contribution is 2.28. The molecular weight excluding hydrogens is 263 g/mol. The average molecular weight is 277 g/mol. The largest absolute Gasteiger partial charge is 0.480 e. The van der Waals surface area contributed by atoms with E-state index in [4.69, 9.17) is 0 Å². The van der Waals surface area contributed by atoms with Crippen LogP contribution in [0, 0.1) is 0 Å². The summed E-state index contributed by atoms with van der Waals surface area (Å²) in [5.41, 5.74) is -2.37. The van der Waals surface area contributed by atoms with Gasteiger partial charge in [-0.25, -0.2) is 4.79 Å². The van der Waals surface area contributed by atoms with E-state index < -0.39 is 23.4 Å². The van der Waals surface area contributed by atoms with Gasteiger partial charge < -0.3 is 10.4 Å². The zero-order valence-electron chi connectivity index (χ0n) is 10.5. The third-order valence-electron chi connectivity index (χ3n) is 2.94. The van der Waals surface area contributed by atoms with E-state index >= 15 is 0 Å². The van der Waals surface area contributed by atoms with E-state index in [1.807, 2.05) is 0 Å². The van der Waals surface area contributed by atoms with Crippen LogP contribution < -0.4 is 5.32 Å². The van der Waals surface area contributed by atoms with E-state index in [9.17, 15) is 23.1 Å². The second-order valence-corrected chi connectivity index (χ2v) is 4.02. The Hall–Kier alpha value is -1.86. The molecule has 0 aliphatic rings. The molecule has 0 atom stereocenters. The van der Waals surface area contributed by atoms with E-state index in [0.29, 0.717) is 0 Å². The molecule has 2 N–H and O–H groups in total. The number of carbonyl (C=O) groups is 1. The smallest absolute Gasteiger partial charge is 0.435 e. The first-order valence-corrected chi connectivity index (χ1v) is 5.67. The Morgan fingerprint density at radius 1 is 1.26 bits per heavy atom. The van der Waals surface area contributed by atoms with Crippen molar-refractivity contribution in [2.45, 2.75) is 38.4 Å². The van der Waals surface area contributed by atoms with E-state index in [1.165, 1.54) is 0 Å². The summed E-state index contributed by atoms with van der Waals surface area (Å²) in [6.07, 6.45) is -4.03. The number of aromatic nitrogens is 2. The molecule has 0 saturated heterocycles. The normalized spacial score (nSPS) is 12.3. The second-order valence-electron chi connectivity index (χ2n) is 4.02. The van der Waals surface area contributed by atoms with Gasteiger partial charge in [-0.1, -0.05) is 13.8 Å². The Morgan fingerprint density at radius 3 is 2.16 bits per heavy atom. The quantitative estimate of drug-likeness (QED) is 0.865. The molecule has 5 nitrogen and oxygen atoms in total. The molecule has 0 aromatic carbocycles. The SMILES string of the molecule is CCC(CC)(Nc1ccc(C(F)(F)F)nn1)C(=O)O. The monoisotopic (exact) mass is 277 g/mol. The van der Waals surface area contributed by atoms with Crippen molar-refractivity contribution in [2.75, 3.05) is 5.32 Å². The molecule has 0 bridgehead atoms. The summed E-state index contributed by atoms with van der Waals surface area (Å²) in [5, 5.41) is 18.2. The summed E-state index contributed by atoms with van der Waals surface area (Å²) in [6.45, 7) is 3.34. The van der Waals surface area contributed by atoms with Crippen LogP contribution in [0.5, 0.6) is 0 Å². The third kappa shape index (κ3) is 3.33. The fourth-order valence-electron chi connectivity index (χ4n) is 1.58. The Labute approximate surface area is 107 Å². The minimum absolute atomic E-state index is 0.000833. The van der Waals surface area contributed by atoms with Gasteiger partial charge in [0, 0.05) is 0 Å². The first-order valence-electron chi connectivity index (χ1n) is 5.67. The van der Waals surface area contributed by atoms with Crippen LogP contribution in [-0.4, -0.2) is 26.8 Å². The highest BCUT2D eigenvalue weighted by molar-refractivity contribution is 5.82. The lowest BCUT2D eigenvalue weighted by molar-refractivity contribution is -0.143. The number of aliphatic carboxylic acids is 1. The van der Waals surface area contributed by atoms with Crippen LogP contribution in [-0.2, 0) is 11.0 Å². The van der Waals surface area contributed by atoms with Crippen molar-refractivity contribution in [1.29, 1.82) is 0 Å². The fourth-order valence-corrected chi connectivity index (χ4v) is 1.58. The predicted molar refractivity (Wildman–Crippen MR) is 61.6 cm³/mol.